The number of aromatic nitrogens is 2. The minimum atomic E-state index is 0.148. The Morgan fingerprint density at radius 3 is 2.65 bits per heavy atom. The Morgan fingerprint density at radius 1 is 1.13 bits per heavy atom. The first-order valence-corrected chi connectivity index (χ1v) is 8.02. The van der Waals surface area contributed by atoms with Crippen LogP contribution in [0.25, 0.3) is 22.4 Å². The first-order chi connectivity index (χ1) is 11.1. The van der Waals surface area contributed by atoms with E-state index in [-0.39, 0.29) is 5.75 Å². The molecule has 0 amide bonds. The van der Waals surface area contributed by atoms with Crippen LogP contribution in [0.5, 0.6) is 11.5 Å². The van der Waals surface area contributed by atoms with Crippen LogP contribution in [0, 0.1) is 5.92 Å². The summed E-state index contributed by atoms with van der Waals surface area (Å²) in [5, 5.41) is 10.6. The predicted molar refractivity (Wildman–Crippen MR) is 92.8 cm³/mol. The maximum atomic E-state index is 10.6. The molecule has 0 bridgehead atoms. The molecule has 0 aliphatic heterocycles. The van der Waals surface area contributed by atoms with Crippen LogP contribution in [0.2, 0.25) is 0 Å². The number of para-hydroxylation sites is 3. The third-order valence-corrected chi connectivity index (χ3v) is 3.74. The number of nitrogens with zero attached hydrogens (tertiary/aromatic N) is 2. The molecule has 0 spiro atoms. The zero-order chi connectivity index (χ0) is 16.4. The normalized spacial score (nSPS) is 11.3. The lowest BCUT2D eigenvalue weighted by Gasteiger charge is -2.14. The molecule has 0 aliphatic rings. The van der Waals surface area contributed by atoms with E-state index < -0.39 is 0 Å². The molecular weight excluding hydrogens is 288 g/mol. The lowest BCUT2D eigenvalue weighted by molar-refractivity contribution is 0.318. The van der Waals surface area contributed by atoms with E-state index in [4.69, 9.17) is 9.72 Å². The van der Waals surface area contributed by atoms with Gasteiger partial charge in [0.1, 0.15) is 5.82 Å². The Kier molecular flexibility index (Phi) is 4.24. The van der Waals surface area contributed by atoms with Gasteiger partial charge in [0.2, 0.25) is 0 Å². The average Bonchev–Trinajstić information content (AvgIpc) is 2.88. The summed E-state index contributed by atoms with van der Waals surface area (Å²) in [6, 6.07) is 13.6. The highest BCUT2D eigenvalue weighted by molar-refractivity contribution is 5.82. The second-order valence-corrected chi connectivity index (χ2v) is 6.01. The van der Waals surface area contributed by atoms with Gasteiger partial charge in [0, 0.05) is 6.54 Å². The quantitative estimate of drug-likeness (QED) is 0.756. The van der Waals surface area contributed by atoms with Gasteiger partial charge >= 0.3 is 0 Å². The van der Waals surface area contributed by atoms with Crippen LogP contribution in [-0.4, -0.2) is 21.3 Å². The van der Waals surface area contributed by atoms with Crippen LogP contribution in [0.1, 0.15) is 20.8 Å². The van der Waals surface area contributed by atoms with Crippen LogP contribution in [0.3, 0.4) is 0 Å². The molecule has 2 aromatic carbocycles. The molecule has 23 heavy (non-hydrogen) atoms. The van der Waals surface area contributed by atoms with E-state index in [1.54, 1.807) is 6.07 Å². The second kappa shape index (κ2) is 6.32. The Bertz CT molecular complexity index is 821. The fraction of sp³-hybridized carbons (Fsp3) is 0.316. The van der Waals surface area contributed by atoms with Crippen molar-refractivity contribution in [1.82, 2.24) is 9.55 Å². The Labute approximate surface area is 136 Å². The van der Waals surface area contributed by atoms with E-state index in [0.717, 1.165) is 23.4 Å². The van der Waals surface area contributed by atoms with Gasteiger partial charge in [-0.3, -0.25) is 0 Å². The van der Waals surface area contributed by atoms with E-state index in [2.05, 4.69) is 24.5 Å². The highest BCUT2D eigenvalue weighted by Crippen LogP contribution is 2.38. The van der Waals surface area contributed by atoms with Crippen molar-refractivity contribution in [2.24, 2.45) is 5.92 Å². The molecular formula is C19H22N2O2. The van der Waals surface area contributed by atoms with E-state index >= 15 is 0 Å². The Morgan fingerprint density at radius 2 is 1.91 bits per heavy atom. The number of aromatic hydroxyl groups is 1. The molecule has 4 heteroatoms. The summed E-state index contributed by atoms with van der Waals surface area (Å²) in [5.41, 5.74) is 2.72. The van der Waals surface area contributed by atoms with Gasteiger partial charge < -0.3 is 14.4 Å². The monoisotopic (exact) mass is 310 g/mol. The number of fused-ring (bicyclic) bond motifs is 1. The maximum Gasteiger partial charge on any atom is 0.168 e. The number of ether oxygens (including phenoxy) is 1. The molecule has 0 atom stereocenters. The summed E-state index contributed by atoms with van der Waals surface area (Å²) in [7, 11) is 0. The molecule has 1 heterocycles. The summed E-state index contributed by atoms with van der Waals surface area (Å²) in [4.78, 5) is 4.75. The molecule has 3 aromatic rings. The van der Waals surface area contributed by atoms with Gasteiger partial charge in [0.05, 0.1) is 23.2 Å². The second-order valence-electron chi connectivity index (χ2n) is 6.01. The fourth-order valence-corrected chi connectivity index (χ4v) is 2.81. The van der Waals surface area contributed by atoms with Crippen molar-refractivity contribution in [3.8, 4) is 22.9 Å². The number of hydrogen-bond donors (Lipinski definition) is 1. The number of phenols is 1. The maximum absolute atomic E-state index is 10.6. The summed E-state index contributed by atoms with van der Waals surface area (Å²) >= 11 is 0. The molecule has 0 saturated carbocycles. The van der Waals surface area contributed by atoms with Gasteiger partial charge in [0.25, 0.3) is 0 Å². The van der Waals surface area contributed by atoms with Crippen molar-refractivity contribution >= 4 is 11.0 Å². The number of rotatable bonds is 5. The highest BCUT2D eigenvalue weighted by atomic mass is 16.5. The zero-order valence-corrected chi connectivity index (χ0v) is 13.8. The molecule has 4 nitrogen and oxygen atoms in total. The minimum Gasteiger partial charge on any atom is -0.504 e. The van der Waals surface area contributed by atoms with E-state index in [9.17, 15) is 5.11 Å². The van der Waals surface area contributed by atoms with Crippen molar-refractivity contribution in [2.75, 3.05) is 6.61 Å². The van der Waals surface area contributed by atoms with E-state index in [1.165, 1.54) is 0 Å². The molecule has 0 aliphatic carbocycles. The number of benzene rings is 2. The van der Waals surface area contributed by atoms with Crippen molar-refractivity contribution in [1.29, 1.82) is 0 Å². The standard InChI is InChI=1S/C19H22N2O2/c1-4-23-17-11-7-8-14(18(17)22)19-20-15-9-5-6-10-16(15)21(19)12-13(2)3/h5-11,13,22H,4,12H2,1-3H3. The molecule has 3 rings (SSSR count). The first-order valence-electron chi connectivity index (χ1n) is 8.02. The molecule has 1 N–H and O–H groups in total. The number of hydrogen-bond acceptors (Lipinski definition) is 3. The molecule has 0 radical (unpaired) electrons. The van der Waals surface area contributed by atoms with Gasteiger partial charge in [-0.15, -0.1) is 0 Å². The SMILES string of the molecule is CCOc1cccc(-c2nc3ccccc3n2CC(C)C)c1O. The Balaban J connectivity index is 2.21. The van der Waals surface area contributed by atoms with Crippen LogP contribution in [-0.2, 0) is 6.54 Å². The lowest BCUT2D eigenvalue weighted by atomic mass is 10.1. The van der Waals surface area contributed by atoms with Crippen molar-refractivity contribution in [2.45, 2.75) is 27.3 Å². The van der Waals surface area contributed by atoms with Crippen molar-refractivity contribution in [3.05, 3.63) is 42.5 Å². The van der Waals surface area contributed by atoms with E-state index in [1.807, 2.05) is 37.3 Å². The van der Waals surface area contributed by atoms with Crippen molar-refractivity contribution in [3.63, 3.8) is 0 Å². The van der Waals surface area contributed by atoms with Crippen LogP contribution >= 0.6 is 0 Å². The summed E-state index contributed by atoms with van der Waals surface area (Å²) < 4.78 is 7.68. The molecule has 0 fully saturated rings. The summed E-state index contributed by atoms with van der Waals surface area (Å²) in [6.07, 6.45) is 0. The third-order valence-electron chi connectivity index (χ3n) is 3.74. The van der Waals surface area contributed by atoms with Crippen LogP contribution < -0.4 is 4.74 Å². The molecule has 0 unspecified atom stereocenters. The van der Waals surface area contributed by atoms with Gasteiger partial charge in [-0.2, -0.15) is 0 Å². The van der Waals surface area contributed by atoms with Gasteiger partial charge in [-0.05, 0) is 37.1 Å². The number of phenolic OH excluding ortho intramolecular Hbond substituents is 1. The third kappa shape index (κ3) is 2.89. The first kappa shape index (κ1) is 15.4. The topological polar surface area (TPSA) is 47.3 Å². The molecule has 0 saturated heterocycles. The molecule has 120 valence electrons. The molecule has 1 aromatic heterocycles. The van der Waals surface area contributed by atoms with Crippen LogP contribution in [0.15, 0.2) is 42.5 Å². The minimum absolute atomic E-state index is 0.148. The largest absolute Gasteiger partial charge is 0.504 e. The van der Waals surface area contributed by atoms with Crippen molar-refractivity contribution < 1.29 is 9.84 Å². The average molecular weight is 310 g/mol. The lowest BCUT2D eigenvalue weighted by Crippen LogP contribution is -2.06. The van der Waals surface area contributed by atoms with Gasteiger partial charge in [-0.25, -0.2) is 4.98 Å². The fourth-order valence-electron chi connectivity index (χ4n) is 2.81. The smallest absolute Gasteiger partial charge is 0.168 e. The van der Waals surface area contributed by atoms with Gasteiger partial charge in [0.15, 0.2) is 11.5 Å². The summed E-state index contributed by atoms with van der Waals surface area (Å²) in [5.74, 6) is 1.89. The van der Waals surface area contributed by atoms with E-state index in [0.29, 0.717) is 23.8 Å². The van der Waals surface area contributed by atoms with Gasteiger partial charge in [-0.1, -0.05) is 32.0 Å². The highest BCUT2D eigenvalue weighted by Gasteiger charge is 2.18. The predicted octanol–water partition coefficient (Wildman–Crippen LogP) is 4.46. The zero-order valence-electron chi connectivity index (χ0n) is 13.8. The van der Waals surface area contributed by atoms with Crippen LogP contribution in [0.4, 0.5) is 0 Å². The number of imidazole rings is 1. The summed E-state index contributed by atoms with van der Waals surface area (Å²) in [6.45, 7) is 7.61. The Hall–Kier alpha value is -2.49.